The van der Waals surface area contributed by atoms with E-state index in [0.717, 1.165) is 0 Å². The van der Waals surface area contributed by atoms with Crippen LogP contribution in [0.5, 0.6) is 0 Å². The summed E-state index contributed by atoms with van der Waals surface area (Å²) in [6, 6.07) is 6.61. The van der Waals surface area contributed by atoms with Crippen LogP contribution in [0, 0.1) is 0 Å². The van der Waals surface area contributed by atoms with Crippen molar-refractivity contribution in [1.29, 1.82) is 0 Å². The first kappa shape index (κ1) is 11.5. The fraction of sp³-hybridized carbons (Fsp3) is 0.300. The van der Waals surface area contributed by atoms with Gasteiger partial charge in [0.25, 0.3) is 0 Å². The number of esters is 1. The van der Waals surface area contributed by atoms with Crippen molar-refractivity contribution in [2.45, 2.75) is 11.8 Å². The van der Waals surface area contributed by atoms with Gasteiger partial charge in [-0.1, -0.05) is 27.5 Å². The van der Waals surface area contributed by atoms with Crippen molar-refractivity contribution in [3.8, 4) is 0 Å². The fourth-order valence-corrected chi connectivity index (χ4v) is 1.12. The van der Waals surface area contributed by atoms with E-state index in [9.17, 15) is 4.79 Å². The topological polar surface area (TPSA) is 26.3 Å². The number of rotatable bonds is 3. The molecule has 4 heteroatoms. The van der Waals surface area contributed by atoms with Gasteiger partial charge in [-0.05, 0) is 31.2 Å². The van der Waals surface area contributed by atoms with E-state index in [1.165, 1.54) is 0 Å². The van der Waals surface area contributed by atoms with Crippen LogP contribution in [0.25, 0.3) is 0 Å². The van der Waals surface area contributed by atoms with Crippen LogP contribution in [0.2, 0.25) is 5.02 Å². The molecule has 0 heterocycles. The van der Waals surface area contributed by atoms with E-state index in [1.807, 2.05) is 6.92 Å². The van der Waals surface area contributed by atoms with Crippen molar-refractivity contribution in [2.24, 2.45) is 0 Å². The van der Waals surface area contributed by atoms with Crippen LogP contribution >= 0.6 is 27.5 Å². The van der Waals surface area contributed by atoms with E-state index in [2.05, 4.69) is 15.9 Å². The Morgan fingerprint density at radius 1 is 1.50 bits per heavy atom. The molecule has 14 heavy (non-hydrogen) atoms. The van der Waals surface area contributed by atoms with Gasteiger partial charge in [0, 0.05) is 9.85 Å². The molecule has 2 nitrogen and oxygen atoms in total. The summed E-state index contributed by atoms with van der Waals surface area (Å²) in [7, 11) is 0. The van der Waals surface area contributed by atoms with Gasteiger partial charge < -0.3 is 4.74 Å². The Bertz CT molecular complexity index is 308. The molecule has 0 saturated carbocycles. The van der Waals surface area contributed by atoms with Gasteiger partial charge in [-0.2, -0.15) is 0 Å². The molecule has 1 rings (SSSR count). The van der Waals surface area contributed by atoms with Crippen LogP contribution in [0.1, 0.15) is 17.3 Å². The van der Waals surface area contributed by atoms with E-state index in [1.54, 1.807) is 24.3 Å². The second-order valence-corrected chi connectivity index (χ2v) is 4.89. The average Bonchev–Trinajstić information content (AvgIpc) is 2.15. The second kappa shape index (κ2) is 5.37. The summed E-state index contributed by atoms with van der Waals surface area (Å²) >= 11 is 8.97. The summed E-state index contributed by atoms with van der Waals surface area (Å²) in [6.45, 7) is 2.27. The maximum absolute atomic E-state index is 11.4. The first-order chi connectivity index (χ1) is 6.59. The van der Waals surface area contributed by atoms with Gasteiger partial charge in [0.2, 0.25) is 0 Å². The van der Waals surface area contributed by atoms with Gasteiger partial charge in [-0.3, -0.25) is 0 Å². The van der Waals surface area contributed by atoms with Crippen LogP contribution in [0.15, 0.2) is 24.3 Å². The Hall–Kier alpha value is -0.540. The zero-order chi connectivity index (χ0) is 10.6. The van der Waals surface area contributed by atoms with Gasteiger partial charge in [0.05, 0.1) is 5.56 Å². The maximum atomic E-state index is 11.4. The number of alkyl halides is 1. The fourth-order valence-electron chi connectivity index (χ4n) is 0.860. The number of benzene rings is 1. The number of hydrogen-bond donors (Lipinski definition) is 0. The molecule has 0 saturated heterocycles. The molecule has 0 N–H and O–H groups in total. The van der Waals surface area contributed by atoms with Gasteiger partial charge in [0.1, 0.15) is 6.61 Å². The Kier molecular flexibility index (Phi) is 4.42. The largest absolute Gasteiger partial charge is 0.461 e. The summed E-state index contributed by atoms with van der Waals surface area (Å²) in [5, 5.41) is 0.607. The SMILES string of the molecule is CC(Br)COC(=O)c1ccc(Cl)cc1. The number of carbonyl (C=O) groups is 1. The van der Waals surface area contributed by atoms with E-state index in [0.29, 0.717) is 17.2 Å². The molecule has 0 radical (unpaired) electrons. The van der Waals surface area contributed by atoms with Gasteiger partial charge >= 0.3 is 5.97 Å². The lowest BCUT2D eigenvalue weighted by molar-refractivity contribution is 0.0512. The van der Waals surface area contributed by atoms with Crippen molar-refractivity contribution in [1.82, 2.24) is 0 Å². The van der Waals surface area contributed by atoms with Crippen LogP contribution < -0.4 is 0 Å². The number of carbonyl (C=O) groups excluding carboxylic acids is 1. The van der Waals surface area contributed by atoms with Gasteiger partial charge in [-0.25, -0.2) is 4.79 Å². The van der Waals surface area contributed by atoms with Crippen LogP contribution in [0.3, 0.4) is 0 Å². The highest BCUT2D eigenvalue weighted by atomic mass is 79.9. The summed E-state index contributed by atoms with van der Waals surface area (Å²) in [6.07, 6.45) is 0. The molecule has 1 aromatic rings. The lowest BCUT2D eigenvalue weighted by Crippen LogP contribution is -2.11. The second-order valence-electron chi connectivity index (χ2n) is 2.89. The van der Waals surface area contributed by atoms with Crippen molar-refractivity contribution in [3.05, 3.63) is 34.9 Å². The third-order valence-electron chi connectivity index (χ3n) is 1.52. The molecule has 0 aliphatic rings. The third kappa shape index (κ3) is 3.68. The summed E-state index contributed by atoms with van der Waals surface area (Å²) in [5.74, 6) is -0.326. The predicted octanol–water partition coefficient (Wildman–Crippen LogP) is 3.28. The Balaban J connectivity index is 2.57. The normalized spacial score (nSPS) is 12.2. The molecule has 0 aliphatic heterocycles. The molecule has 0 aliphatic carbocycles. The molecular formula is C10H10BrClO2. The molecular weight excluding hydrogens is 267 g/mol. The van der Waals surface area contributed by atoms with Crippen molar-refractivity contribution >= 4 is 33.5 Å². The number of hydrogen-bond acceptors (Lipinski definition) is 2. The predicted molar refractivity (Wildman–Crippen MR) is 60.1 cm³/mol. The molecule has 1 unspecified atom stereocenters. The van der Waals surface area contributed by atoms with E-state index in [4.69, 9.17) is 16.3 Å². The molecule has 0 bridgehead atoms. The smallest absolute Gasteiger partial charge is 0.338 e. The molecule has 0 spiro atoms. The lowest BCUT2D eigenvalue weighted by Gasteiger charge is -2.05. The Morgan fingerprint density at radius 3 is 2.57 bits per heavy atom. The highest BCUT2D eigenvalue weighted by Gasteiger charge is 2.07. The van der Waals surface area contributed by atoms with Crippen LogP contribution in [0.4, 0.5) is 0 Å². The number of ether oxygens (including phenoxy) is 1. The summed E-state index contributed by atoms with van der Waals surface area (Å²) in [5.41, 5.74) is 0.516. The van der Waals surface area contributed by atoms with Crippen molar-refractivity contribution in [2.75, 3.05) is 6.61 Å². The maximum Gasteiger partial charge on any atom is 0.338 e. The zero-order valence-corrected chi connectivity index (χ0v) is 10.0. The minimum Gasteiger partial charge on any atom is -0.461 e. The first-order valence-electron chi connectivity index (χ1n) is 4.16. The monoisotopic (exact) mass is 276 g/mol. The van der Waals surface area contributed by atoms with E-state index in [-0.39, 0.29) is 10.8 Å². The molecule has 0 amide bonds. The lowest BCUT2D eigenvalue weighted by atomic mass is 10.2. The Morgan fingerprint density at radius 2 is 2.07 bits per heavy atom. The van der Waals surface area contributed by atoms with E-state index >= 15 is 0 Å². The van der Waals surface area contributed by atoms with Crippen molar-refractivity contribution < 1.29 is 9.53 Å². The minimum atomic E-state index is -0.326. The first-order valence-corrected chi connectivity index (χ1v) is 5.45. The zero-order valence-electron chi connectivity index (χ0n) is 7.67. The molecule has 0 fully saturated rings. The molecule has 1 atom stereocenters. The highest BCUT2D eigenvalue weighted by Crippen LogP contribution is 2.10. The summed E-state index contributed by atoms with van der Waals surface area (Å²) in [4.78, 5) is 11.5. The summed E-state index contributed by atoms with van der Waals surface area (Å²) < 4.78 is 5.00. The average molecular weight is 278 g/mol. The van der Waals surface area contributed by atoms with Crippen LogP contribution in [-0.4, -0.2) is 17.4 Å². The van der Waals surface area contributed by atoms with Gasteiger partial charge in [-0.15, -0.1) is 0 Å². The van der Waals surface area contributed by atoms with Gasteiger partial charge in [0.15, 0.2) is 0 Å². The molecule has 76 valence electrons. The quantitative estimate of drug-likeness (QED) is 0.626. The van der Waals surface area contributed by atoms with E-state index < -0.39 is 0 Å². The van der Waals surface area contributed by atoms with Crippen LogP contribution in [-0.2, 0) is 4.74 Å². The van der Waals surface area contributed by atoms with Crippen molar-refractivity contribution in [3.63, 3.8) is 0 Å². The third-order valence-corrected chi connectivity index (χ3v) is 2.04. The Labute approximate surface area is 96.3 Å². The standard InChI is InChI=1S/C10H10BrClO2/c1-7(11)6-14-10(13)8-2-4-9(12)5-3-8/h2-5,7H,6H2,1H3. The number of halogens is 2. The minimum absolute atomic E-state index is 0.166. The molecule has 0 aromatic heterocycles. The molecule has 1 aromatic carbocycles. The highest BCUT2D eigenvalue weighted by molar-refractivity contribution is 9.09.